The fourth-order valence-electron chi connectivity index (χ4n) is 1.99. The fraction of sp³-hybridized carbons (Fsp3) is 0.583. The fourth-order valence-corrected chi connectivity index (χ4v) is 2.15. The average Bonchev–Trinajstić information content (AvgIpc) is 2.74. The van der Waals surface area contributed by atoms with Gasteiger partial charge in [0.1, 0.15) is 11.6 Å². The summed E-state index contributed by atoms with van der Waals surface area (Å²) < 4.78 is 10.7. The Hall–Kier alpha value is -1.00. The van der Waals surface area contributed by atoms with Gasteiger partial charge in [0.05, 0.1) is 7.11 Å². The number of ether oxygens (including phenoxy) is 2. The number of halogens is 1. The van der Waals surface area contributed by atoms with E-state index in [1.54, 1.807) is 19.2 Å². The van der Waals surface area contributed by atoms with E-state index in [9.17, 15) is 0 Å². The third-order valence-corrected chi connectivity index (χ3v) is 3.37. The van der Waals surface area contributed by atoms with Gasteiger partial charge >= 0.3 is 0 Å². The predicted octanol–water partition coefficient (Wildman–Crippen LogP) is 2.22. The van der Waals surface area contributed by atoms with Gasteiger partial charge in [0, 0.05) is 12.1 Å². The van der Waals surface area contributed by atoms with Crippen LogP contribution >= 0.6 is 11.6 Å². The van der Waals surface area contributed by atoms with Gasteiger partial charge < -0.3 is 14.4 Å². The van der Waals surface area contributed by atoms with Crippen LogP contribution in [0.15, 0.2) is 12.1 Å². The molecule has 0 aromatic carbocycles. The Morgan fingerprint density at radius 1 is 1.53 bits per heavy atom. The van der Waals surface area contributed by atoms with Crippen LogP contribution in [-0.4, -0.2) is 43.2 Å². The van der Waals surface area contributed by atoms with Crippen LogP contribution in [0, 0.1) is 0 Å². The van der Waals surface area contributed by atoms with E-state index in [0.717, 1.165) is 13.0 Å². The lowest BCUT2D eigenvalue weighted by Gasteiger charge is -2.19. The van der Waals surface area contributed by atoms with Crippen LogP contribution in [0.25, 0.3) is 0 Å². The van der Waals surface area contributed by atoms with Crippen molar-refractivity contribution in [3.63, 3.8) is 0 Å². The smallest absolute Gasteiger partial charge is 0.235 e. The minimum atomic E-state index is 0.450. The van der Waals surface area contributed by atoms with E-state index in [1.807, 2.05) is 0 Å². The summed E-state index contributed by atoms with van der Waals surface area (Å²) in [6.07, 6.45) is 2.39. The second kappa shape index (κ2) is 5.56. The summed E-state index contributed by atoms with van der Waals surface area (Å²) >= 11 is 6.02. The summed E-state index contributed by atoms with van der Waals surface area (Å²) in [5.74, 6) is 0.968. The first-order chi connectivity index (χ1) is 8.20. The first-order valence-corrected chi connectivity index (χ1v) is 6.12. The van der Waals surface area contributed by atoms with E-state index in [1.165, 1.54) is 6.42 Å². The Balaban J connectivity index is 1.98. The molecule has 0 amide bonds. The monoisotopic (exact) mass is 256 g/mol. The van der Waals surface area contributed by atoms with Crippen LogP contribution in [0.4, 0.5) is 0 Å². The number of likely N-dealkylation sites (N-methyl/N-ethyl adjacent to an activating group) is 1. The molecule has 0 N–H and O–H groups in total. The molecule has 1 aliphatic heterocycles. The van der Waals surface area contributed by atoms with Crippen LogP contribution in [0.2, 0.25) is 5.02 Å². The molecular formula is C12H17ClN2O2. The average molecular weight is 257 g/mol. The summed E-state index contributed by atoms with van der Waals surface area (Å²) in [4.78, 5) is 6.48. The Morgan fingerprint density at radius 3 is 3.00 bits per heavy atom. The molecule has 1 unspecified atom stereocenters. The largest absolute Gasteiger partial charge is 0.481 e. The molecule has 0 spiro atoms. The lowest BCUT2D eigenvalue weighted by molar-refractivity contribution is 0.192. The SMILES string of the molecule is COc1ccc(Cl)c(OCC2CCCN2C)n1. The molecule has 0 radical (unpaired) electrons. The van der Waals surface area contributed by atoms with Crippen molar-refractivity contribution in [2.24, 2.45) is 0 Å². The molecule has 1 aromatic rings. The van der Waals surface area contributed by atoms with Crippen molar-refractivity contribution >= 4 is 11.6 Å². The highest BCUT2D eigenvalue weighted by atomic mass is 35.5. The maximum absolute atomic E-state index is 6.02. The molecule has 94 valence electrons. The molecule has 2 rings (SSSR count). The summed E-state index contributed by atoms with van der Waals surface area (Å²) in [6, 6.07) is 3.91. The maximum Gasteiger partial charge on any atom is 0.235 e. The van der Waals surface area contributed by atoms with E-state index in [-0.39, 0.29) is 0 Å². The number of hydrogen-bond acceptors (Lipinski definition) is 4. The summed E-state index contributed by atoms with van der Waals surface area (Å²) in [6.45, 7) is 1.75. The van der Waals surface area contributed by atoms with Crippen LogP contribution in [-0.2, 0) is 0 Å². The molecule has 1 saturated heterocycles. The zero-order valence-corrected chi connectivity index (χ0v) is 10.9. The van der Waals surface area contributed by atoms with Gasteiger partial charge in [-0.15, -0.1) is 0 Å². The predicted molar refractivity (Wildman–Crippen MR) is 66.9 cm³/mol. The maximum atomic E-state index is 6.02. The van der Waals surface area contributed by atoms with Gasteiger partial charge in [-0.25, -0.2) is 0 Å². The van der Waals surface area contributed by atoms with Gasteiger partial charge in [-0.3, -0.25) is 0 Å². The first-order valence-electron chi connectivity index (χ1n) is 5.74. The minimum absolute atomic E-state index is 0.450. The highest BCUT2D eigenvalue weighted by molar-refractivity contribution is 6.31. The molecule has 0 saturated carbocycles. The van der Waals surface area contributed by atoms with Gasteiger partial charge in [-0.05, 0) is 32.5 Å². The lowest BCUT2D eigenvalue weighted by Crippen LogP contribution is -2.30. The Labute approximate surface area is 106 Å². The van der Waals surface area contributed by atoms with Crippen molar-refractivity contribution in [1.29, 1.82) is 0 Å². The van der Waals surface area contributed by atoms with E-state index < -0.39 is 0 Å². The van der Waals surface area contributed by atoms with Gasteiger partial charge in [0.2, 0.25) is 11.8 Å². The van der Waals surface area contributed by atoms with Gasteiger partial charge in [0.25, 0.3) is 0 Å². The van der Waals surface area contributed by atoms with E-state index in [4.69, 9.17) is 21.1 Å². The van der Waals surface area contributed by atoms with Crippen LogP contribution in [0.3, 0.4) is 0 Å². The highest BCUT2D eigenvalue weighted by Crippen LogP contribution is 2.25. The van der Waals surface area contributed by atoms with E-state index in [2.05, 4.69) is 16.9 Å². The second-order valence-electron chi connectivity index (χ2n) is 4.23. The number of hydrogen-bond donors (Lipinski definition) is 0. The quantitative estimate of drug-likeness (QED) is 0.827. The Morgan fingerprint density at radius 2 is 2.35 bits per heavy atom. The van der Waals surface area contributed by atoms with Crippen molar-refractivity contribution in [2.75, 3.05) is 27.3 Å². The van der Waals surface area contributed by atoms with Crippen molar-refractivity contribution < 1.29 is 9.47 Å². The van der Waals surface area contributed by atoms with Crippen molar-refractivity contribution in [3.8, 4) is 11.8 Å². The van der Waals surface area contributed by atoms with Crippen molar-refractivity contribution in [3.05, 3.63) is 17.2 Å². The third-order valence-electron chi connectivity index (χ3n) is 3.08. The van der Waals surface area contributed by atoms with E-state index in [0.29, 0.717) is 29.4 Å². The van der Waals surface area contributed by atoms with Crippen molar-refractivity contribution in [2.45, 2.75) is 18.9 Å². The molecule has 17 heavy (non-hydrogen) atoms. The summed E-state index contributed by atoms with van der Waals surface area (Å²) in [5.41, 5.74) is 0. The van der Waals surface area contributed by atoms with Gasteiger partial charge in [0.15, 0.2) is 0 Å². The Bertz CT molecular complexity index is 387. The molecule has 2 heterocycles. The molecule has 1 aliphatic rings. The first kappa shape index (κ1) is 12.5. The van der Waals surface area contributed by atoms with Crippen LogP contribution in [0.1, 0.15) is 12.8 Å². The molecular weight excluding hydrogens is 240 g/mol. The summed E-state index contributed by atoms with van der Waals surface area (Å²) in [7, 11) is 3.69. The number of likely N-dealkylation sites (tertiary alicyclic amines) is 1. The Kier molecular flexibility index (Phi) is 4.07. The third kappa shape index (κ3) is 3.01. The molecule has 5 heteroatoms. The topological polar surface area (TPSA) is 34.6 Å². The highest BCUT2D eigenvalue weighted by Gasteiger charge is 2.21. The van der Waals surface area contributed by atoms with Crippen LogP contribution in [0.5, 0.6) is 11.8 Å². The number of rotatable bonds is 4. The summed E-state index contributed by atoms with van der Waals surface area (Å²) in [5, 5.41) is 0.520. The molecule has 1 aromatic heterocycles. The zero-order valence-electron chi connectivity index (χ0n) is 10.1. The zero-order chi connectivity index (χ0) is 12.3. The molecule has 1 atom stereocenters. The normalized spacial score (nSPS) is 20.5. The standard InChI is InChI=1S/C12H17ClN2O2/c1-15-7-3-4-9(15)8-17-12-10(13)5-6-11(14-12)16-2/h5-6,9H,3-4,7-8H2,1-2H3. The minimum Gasteiger partial charge on any atom is -0.481 e. The lowest BCUT2D eigenvalue weighted by atomic mass is 10.2. The van der Waals surface area contributed by atoms with Gasteiger partial charge in [-0.1, -0.05) is 11.6 Å². The van der Waals surface area contributed by atoms with Crippen molar-refractivity contribution in [1.82, 2.24) is 9.88 Å². The number of methoxy groups -OCH3 is 1. The van der Waals surface area contributed by atoms with Gasteiger partial charge in [-0.2, -0.15) is 4.98 Å². The molecule has 1 fully saturated rings. The molecule has 0 aliphatic carbocycles. The number of pyridine rings is 1. The number of nitrogens with zero attached hydrogens (tertiary/aromatic N) is 2. The van der Waals surface area contributed by atoms with E-state index >= 15 is 0 Å². The van der Waals surface area contributed by atoms with Crippen LogP contribution < -0.4 is 9.47 Å². The second-order valence-corrected chi connectivity index (χ2v) is 4.64. The number of aromatic nitrogens is 1. The molecule has 0 bridgehead atoms. The molecule has 4 nitrogen and oxygen atoms in total.